The van der Waals surface area contributed by atoms with Gasteiger partial charge in [0.15, 0.2) is 0 Å². The molecule has 2 N–H and O–H groups in total. The average molecular weight is 365 g/mol. The number of ether oxygens (including phenoxy) is 1. The summed E-state index contributed by atoms with van der Waals surface area (Å²) in [5.74, 6) is 0.463. The van der Waals surface area contributed by atoms with Gasteiger partial charge in [0.25, 0.3) is 0 Å². The third kappa shape index (κ3) is 5.80. The first-order valence-corrected chi connectivity index (χ1v) is 8.05. The number of hydrogen-bond acceptors (Lipinski definition) is 3. The molecule has 0 saturated heterocycles. The van der Waals surface area contributed by atoms with Crippen molar-refractivity contribution >= 4 is 40.5 Å². The maximum absolute atomic E-state index is 12.1. The summed E-state index contributed by atoms with van der Waals surface area (Å²) in [6.45, 7) is 6.17. The first-order valence-electron chi connectivity index (χ1n) is 7.30. The van der Waals surface area contributed by atoms with E-state index in [1.165, 1.54) is 0 Å². The number of anilines is 2. The van der Waals surface area contributed by atoms with Gasteiger partial charge in [0.2, 0.25) is 5.91 Å². The molecule has 0 aliphatic carbocycles. The molecule has 2 aromatic carbocycles. The Morgan fingerprint density at radius 1 is 1.21 bits per heavy atom. The van der Waals surface area contributed by atoms with Gasteiger partial charge in [-0.3, -0.25) is 4.79 Å². The molecule has 0 atom stereocenters. The minimum atomic E-state index is -0.205. The molecule has 0 saturated carbocycles. The number of rotatable bonds is 7. The predicted octanol–water partition coefficient (Wildman–Crippen LogP) is 5.00. The zero-order chi connectivity index (χ0) is 17.5. The first kappa shape index (κ1) is 18.2. The highest BCUT2D eigenvalue weighted by atomic mass is 35.5. The highest BCUT2D eigenvalue weighted by molar-refractivity contribution is 6.35. The van der Waals surface area contributed by atoms with Gasteiger partial charge in [-0.25, -0.2) is 0 Å². The van der Waals surface area contributed by atoms with Gasteiger partial charge >= 0.3 is 0 Å². The van der Waals surface area contributed by atoms with E-state index in [1.54, 1.807) is 30.3 Å². The van der Waals surface area contributed by atoms with E-state index in [0.717, 1.165) is 5.57 Å². The highest BCUT2D eigenvalue weighted by Gasteiger charge is 2.06. The van der Waals surface area contributed by atoms with Crippen LogP contribution in [0.1, 0.15) is 6.92 Å². The van der Waals surface area contributed by atoms with Gasteiger partial charge in [0.1, 0.15) is 12.4 Å². The summed E-state index contributed by atoms with van der Waals surface area (Å²) in [5.41, 5.74) is 2.18. The summed E-state index contributed by atoms with van der Waals surface area (Å²) in [7, 11) is 0. The Kier molecular flexibility index (Phi) is 6.53. The Bertz CT molecular complexity index is 748. The van der Waals surface area contributed by atoms with E-state index in [2.05, 4.69) is 17.2 Å². The third-order valence-electron chi connectivity index (χ3n) is 2.97. The molecule has 0 radical (unpaired) electrons. The summed E-state index contributed by atoms with van der Waals surface area (Å²) in [6.07, 6.45) is 0. The molecular formula is C18H18Cl2N2O2. The van der Waals surface area contributed by atoms with Crippen LogP contribution < -0.4 is 15.4 Å². The van der Waals surface area contributed by atoms with Crippen molar-refractivity contribution in [1.29, 1.82) is 0 Å². The van der Waals surface area contributed by atoms with Crippen LogP contribution in [0.3, 0.4) is 0 Å². The lowest BCUT2D eigenvalue weighted by Gasteiger charge is -2.11. The Labute approximate surface area is 151 Å². The fourth-order valence-corrected chi connectivity index (χ4v) is 2.24. The molecule has 126 valence electrons. The van der Waals surface area contributed by atoms with Crippen LogP contribution in [0.15, 0.2) is 54.6 Å². The maximum atomic E-state index is 12.1. The zero-order valence-corrected chi connectivity index (χ0v) is 14.7. The Morgan fingerprint density at radius 2 is 2.00 bits per heavy atom. The topological polar surface area (TPSA) is 50.4 Å². The number of benzene rings is 2. The van der Waals surface area contributed by atoms with Crippen molar-refractivity contribution in [2.75, 3.05) is 23.8 Å². The quantitative estimate of drug-likeness (QED) is 0.679. The Balaban J connectivity index is 1.91. The smallest absolute Gasteiger partial charge is 0.243 e. The number of amides is 1. The lowest BCUT2D eigenvalue weighted by atomic mass is 10.3. The molecule has 0 bridgehead atoms. The van der Waals surface area contributed by atoms with E-state index in [0.29, 0.717) is 33.8 Å². The van der Waals surface area contributed by atoms with Crippen molar-refractivity contribution in [3.05, 3.63) is 64.7 Å². The maximum Gasteiger partial charge on any atom is 0.243 e. The van der Waals surface area contributed by atoms with Crippen molar-refractivity contribution in [2.45, 2.75) is 6.92 Å². The fraction of sp³-hybridized carbons (Fsp3) is 0.167. The van der Waals surface area contributed by atoms with Crippen LogP contribution in [0.4, 0.5) is 11.4 Å². The van der Waals surface area contributed by atoms with E-state index >= 15 is 0 Å². The number of carbonyl (C=O) groups excluding carboxylic acids is 1. The second kappa shape index (κ2) is 8.62. The predicted molar refractivity (Wildman–Crippen MR) is 100 cm³/mol. The molecule has 0 heterocycles. The van der Waals surface area contributed by atoms with Crippen molar-refractivity contribution in [1.82, 2.24) is 0 Å². The largest absolute Gasteiger partial charge is 0.489 e. The summed E-state index contributed by atoms with van der Waals surface area (Å²) in [5, 5.41) is 6.80. The van der Waals surface area contributed by atoms with Crippen molar-refractivity contribution < 1.29 is 9.53 Å². The fourth-order valence-electron chi connectivity index (χ4n) is 1.88. The SMILES string of the molecule is C=C(C)COc1cccc(NC(=O)CNc2cc(Cl)ccc2Cl)c1. The Hall–Kier alpha value is -2.17. The number of nitrogens with one attached hydrogen (secondary N) is 2. The molecule has 24 heavy (non-hydrogen) atoms. The number of hydrogen-bond donors (Lipinski definition) is 2. The molecule has 2 rings (SSSR count). The van der Waals surface area contributed by atoms with Crippen LogP contribution in [0.25, 0.3) is 0 Å². The highest BCUT2D eigenvalue weighted by Crippen LogP contribution is 2.25. The third-order valence-corrected chi connectivity index (χ3v) is 3.54. The van der Waals surface area contributed by atoms with Gasteiger partial charge in [-0.05, 0) is 42.8 Å². The number of carbonyl (C=O) groups is 1. The van der Waals surface area contributed by atoms with Gasteiger partial charge in [-0.1, -0.05) is 35.8 Å². The van der Waals surface area contributed by atoms with Gasteiger partial charge in [-0.15, -0.1) is 0 Å². The molecular weight excluding hydrogens is 347 g/mol. The van der Waals surface area contributed by atoms with Gasteiger partial charge in [-0.2, -0.15) is 0 Å². The van der Waals surface area contributed by atoms with Crippen LogP contribution in [-0.2, 0) is 4.79 Å². The summed E-state index contributed by atoms with van der Waals surface area (Å²) >= 11 is 12.0. The monoisotopic (exact) mass is 364 g/mol. The molecule has 0 spiro atoms. The zero-order valence-electron chi connectivity index (χ0n) is 13.2. The van der Waals surface area contributed by atoms with E-state index in [-0.39, 0.29) is 12.5 Å². The lowest BCUT2D eigenvalue weighted by Crippen LogP contribution is -2.21. The van der Waals surface area contributed by atoms with Gasteiger partial charge in [0.05, 0.1) is 17.3 Å². The van der Waals surface area contributed by atoms with E-state index in [4.69, 9.17) is 27.9 Å². The van der Waals surface area contributed by atoms with Crippen molar-refractivity contribution in [3.8, 4) is 5.75 Å². The van der Waals surface area contributed by atoms with Gasteiger partial charge < -0.3 is 15.4 Å². The van der Waals surface area contributed by atoms with E-state index in [1.807, 2.05) is 19.1 Å². The molecule has 6 heteroatoms. The normalized spacial score (nSPS) is 10.1. The molecule has 0 aromatic heterocycles. The minimum Gasteiger partial charge on any atom is -0.489 e. The average Bonchev–Trinajstić information content (AvgIpc) is 2.54. The second-order valence-corrected chi connectivity index (χ2v) is 6.14. The summed E-state index contributed by atoms with van der Waals surface area (Å²) in [4.78, 5) is 12.1. The lowest BCUT2D eigenvalue weighted by molar-refractivity contribution is -0.114. The first-order chi connectivity index (χ1) is 11.4. The molecule has 1 amide bonds. The molecule has 0 unspecified atom stereocenters. The molecule has 0 fully saturated rings. The number of halogens is 2. The van der Waals surface area contributed by atoms with Crippen LogP contribution in [0, 0.1) is 0 Å². The second-order valence-electron chi connectivity index (χ2n) is 5.30. The van der Waals surface area contributed by atoms with E-state index < -0.39 is 0 Å². The molecule has 4 nitrogen and oxygen atoms in total. The molecule has 0 aliphatic rings. The van der Waals surface area contributed by atoms with Crippen LogP contribution in [0.2, 0.25) is 10.0 Å². The minimum absolute atomic E-state index is 0.0664. The molecule has 2 aromatic rings. The standard InChI is InChI=1S/C18H18Cl2N2O2/c1-12(2)11-24-15-5-3-4-14(9-15)22-18(23)10-21-17-8-13(19)6-7-16(17)20/h3-9,21H,1,10-11H2,2H3,(H,22,23). The Morgan fingerprint density at radius 3 is 2.75 bits per heavy atom. The van der Waals surface area contributed by atoms with Gasteiger partial charge in [0, 0.05) is 16.8 Å². The summed E-state index contributed by atoms with van der Waals surface area (Å²) in [6, 6.07) is 12.2. The van der Waals surface area contributed by atoms with Crippen LogP contribution in [-0.4, -0.2) is 19.1 Å². The van der Waals surface area contributed by atoms with Crippen molar-refractivity contribution in [3.63, 3.8) is 0 Å². The van der Waals surface area contributed by atoms with Crippen molar-refractivity contribution in [2.24, 2.45) is 0 Å². The molecule has 0 aliphatic heterocycles. The summed E-state index contributed by atoms with van der Waals surface area (Å²) < 4.78 is 5.55. The van der Waals surface area contributed by atoms with Crippen LogP contribution in [0.5, 0.6) is 5.75 Å². The van der Waals surface area contributed by atoms with Crippen LogP contribution >= 0.6 is 23.2 Å². The van der Waals surface area contributed by atoms with E-state index in [9.17, 15) is 4.79 Å².